The van der Waals surface area contributed by atoms with Gasteiger partial charge in [0.15, 0.2) is 0 Å². The van der Waals surface area contributed by atoms with E-state index in [1.165, 1.54) is 0 Å². The number of carbonyl (C=O) groups excluding carboxylic acids is 2. The van der Waals surface area contributed by atoms with Crippen LogP contribution < -0.4 is 16.0 Å². The topological polar surface area (TPSA) is 92.6 Å². The first-order valence-electron chi connectivity index (χ1n) is 8.38. The molecule has 0 aliphatic carbocycles. The van der Waals surface area contributed by atoms with E-state index >= 15 is 0 Å². The summed E-state index contributed by atoms with van der Waals surface area (Å²) < 4.78 is 10.3. The van der Waals surface area contributed by atoms with Gasteiger partial charge in [-0.15, -0.1) is 0 Å². The summed E-state index contributed by atoms with van der Waals surface area (Å²) in [5, 5.41) is 8.25. The molecule has 3 N–H and O–H groups in total. The van der Waals surface area contributed by atoms with Crippen LogP contribution in [0.2, 0.25) is 0 Å². The fraction of sp³-hybridized carbons (Fsp3) is 0.647. The molecule has 24 heavy (non-hydrogen) atoms. The van der Waals surface area contributed by atoms with Crippen molar-refractivity contribution in [2.24, 2.45) is 0 Å². The second-order valence-corrected chi connectivity index (χ2v) is 6.53. The molecule has 0 saturated carbocycles. The predicted molar refractivity (Wildman–Crippen MR) is 91.7 cm³/mol. The molecule has 0 spiro atoms. The molecule has 136 valence electrons. The van der Waals surface area contributed by atoms with E-state index in [0.717, 1.165) is 31.4 Å². The van der Waals surface area contributed by atoms with Crippen molar-refractivity contribution in [2.45, 2.75) is 58.6 Å². The zero-order chi connectivity index (χ0) is 17.8. The van der Waals surface area contributed by atoms with Gasteiger partial charge in [-0.25, -0.2) is 9.59 Å². The van der Waals surface area contributed by atoms with Crippen molar-refractivity contribution >= 4 is 12.1 Å². The Morgan fingerprint density at radius 1 is 1.04 bits per heavy atom. The second-order valence-electron chi connectivity index (χ2n) is 6.53. The van der Waals surface area contributed by atoms with Gasteiger partial charge in [-0.2, -0.15) is 0 Å². The fourth-order valence-corrected chi connectivity index (χ4v) is 1.95. The lowest BCUT2D eigenvalue weighted by Crippen LogP contribution is -2.35. The Bertz CT molecular complexity index is 481. The van der Waals surface area contributed by atoms with Crippen LogP contribution in [0.1, 0.15) is 52.2 Å². The molecular weight excluding hydrogens is 310 g/mol. The molecule has 7 heteroatoms. The zero-order valence-electron chi connectivity index (χ0n) is 14.8. The standard InChI is InChI=1S/C17H29N3O4/c1-17(2,3)24-16(22)19-11-7-5-4-6-10-18-15(21)20-13-14-9-8-12-23-14/h8-9,12H,4-7,10-11,13H2,1-3H3,(H,19,22)(H2,18,20,21). The third-order valence-corrected chi connectivity index (χ3v) is 3.06. The molecule has 0 saturated heterocycles. The van der Waals surface area contributed by atoms with Crippen LogP contribution in [0.25, 0.3) is 0 Å². The summed E-state index contributed by atoms with van der Waals surface area (Å²) in [4.78, 5) is 23.0. The number of urea groups is 1. The number of carbonyl (C=O) groups is 2. The molecule has 1 heterocycles. The van der Waals surface area contributed by atoms with Crippen LogP contribution in [0.15, 0.2) is 22.8 Å². The number of nitrogens with one attached hydrogen (secondary N) is 3. The highest BCUT2D eigenvalue weighted by molar-refractivity contribution is 5.73. The fourth-order valence-electron chi connectivity index (χ4n) is 1.95. The van der Waals surface area contributed by atoms with Gasteiger partial charge in [0.05, 0.1) is 12.8 Å². The summed E-state index contributed by atoms with van der Waals surface area (Å²) in [5.41, 5.74) is -0.465. The largest absolute Gasteiger partial charge is 0.467 e. The van der Waals surface area contributed by atoms with Crippen molar-refractivity contribution < 1.29 is 18.7 Å². The lowest BCUT2D eigenvalue weighted by Gasteiger charge is -2.19. The van der Waals surface area contributed by atoms with Crippen molar-refractivity contribution in [3.8, 4) is 0 Å². The highest BCUT2D eigenvalue weighted by Crippen LogP contribution is 2.06. The third-order valence-electron chi connectivity index (χ3n) is 3.06. The van der Waals surface area contributed by atoms with Gasteiger partial charge in [-0.3, -0.25) is 0 Å². The first-order valence-corrected chi connectivity index (χ1v) is 8.38. The van der Waals surface area contributed by atoms with Gasteiger partial charge in [0.1, 0.15) is 11.4 Å². The van der Waals surface area contributed by atoms with Gasteiger partial charge < -0.3 is 25.1 Å². The minimum absolute atomic E-state index is 0.196. The van der Waals surface area contributed by atoms with Gasteiger partial charge in [0.25, 0.3) is 0 Å². The summed E-state index contributed by atoms with van der Waals surface area (Å²) in [6.45, 7) is 7.13. The number of alkyl carbamates (subject to hydrolysis) is 1. The van der Waals surface area contributed by atoms with Crippen molar-refractivity contribution in [3.05, 3.63) is 24.2 Å². The first-order chi connectivity index (χ1) is 11.4. The molecule has 1 rings (SSSR count). The molecule has 1 aromatic rings. The Kier molecular flexibility index (Phi) is 8.75. The monoisotopic (exact) mass is 339 g/mol. The van der Waals surface area contributed by atoms with E-state index in [-0.39, 0.29) is 12.1 Å². The Morgan fingerprint density at radius 2 is 1.71 bits per heavy atom. The molecule has 0 atom stereocenters. The third kappa shape index (κ3) is 10.5. The summed E-state index contributed by atoms with van der Waals surface area (Å²) in [6.07, 6.45) is 4.98. The summed E-state index contributed by atoms with van der Waals surface area (Å²) in [5.74, 6) is 0.725. The van der Waals surface area contributed by atoms with E-state index in [1.807, 2.05) is 26.8 Å². The van der Waals surface area contributed by atoms with E-state index < -0.39 is 5.60 Å². The molecule has 0 radical (unpaired) electrons. The van der Waals surface area contributed by atoms with E-state index in [2.05, 4.69) is 16.0 Å². The quantitative estimate of drug-likeness (QED) is 0.603. The van der Waals surface area contributed by atoms with Crippen molar-refractivity contribution in [1.82, 2.24) is 16.0 Å². The van der Waals surface area contributed by atoms with Crippen LogP contribution >= 0.6 is 0 Å². The van der Waals surface area contributed by atoms with Crippen molar-refractivity contribution in [3.63, 3.8) is 0 Å². The highest BCUT2D eigenvalue weighted by Gasteiger charge is 2.15. The predicted octanol–water partition coefficient (Wildman–Crippen LogP) is 3.16. The van der Waals surface area contributed by atoms with Crippen LogP contribution in [-0.2, 0) is 11.3 Å². The van der Waals surface area contributed by atoms with Gasteiger partial charge in [0, 0.05) is 13.1 Å². The smallest absolute Gasteiger partial charge is 0.407 e. The van der Waals surface area contributed by atoms with Crippen molar-refractivity contribution in [1.29, 1.82) is 0 Å². The van der Waals surface area contributed by atoms with E-state index in [0.29, 0.717) is 19.6 Å². The molecule has 1 aromatic heterocycles. The number of hydrogen-bond donors (Lipinski definition) is 3. The Balaban J connectivity index is 1.89. The van der Waals surface area contributed by atoms with Crippen LogP contribution in [0.5, 0.6) is 0 Å². The number of ether oxygens (including phenoxy) is 1. The molecule has 0 unspecified atom stereocenters. The lowest BCUT2D eigenvalue weighted by atomic mass is 10.2. The molecule has 0 fully saturated rings. The second kappa shape index (κ2) is 10.6. The van der Waals surface area contributed by atoms with Crippen LogP contribution in [0.4, 0.5) is 9.59 Å². The normalized spacial score (nSPS) is 11.0. The van der Waals surface area contributed by atoms with Gasteiger partial charge in [0.2, 0.25) is 0 Å². The van der Waals surface area contributed by atoms with Gasteiger partial charge in [-0.1, -0.05) is 12.8 Å². The van der Waals surface area contributed by atoms with Gasteiger partial charge >= 0.3 is 12.1 Å². The van der Waals surface area contributed by atoms with E-state index in [9.17, 15) is 9.59 Å². The average molecular weight is 339 g/mol. The zero-order valence-corrected chi connectivity index (χ0v) is 14.8. The molecule has 0 bridgehead atoms. The van der Waals surface area contributed by atoms with Crippen LogP contribution in [0.3, 0.4) is 0 Å². The summed E-state index contributed by atoms with van der Waals surface area (Å²) in [7, 11) is 0. The maximum Gasteiger partial charge on any atom is 0.407 e. The average Bonchev–Trinajstić information content (AvgIpc) is 2.99. The maximum atomic E-state index is 11.5. The molecular formula is C17H29N3O4. The molecule has 0 aliphatic rings. The Labute approximate surface area is 143 Å². The summed E-state index contributed by atoms with van der Waals surface area (Å²) in [6, 6.07) is 3.40. The Hall–Kier alpha value is -2.18. The SMILES string of the molecule is CC(C)(C)OC(=O)NCCCCCCNC(=O)NCc1ccco1. The molecule has 3 amide bonds. The number of furan rings is 1. The number of unbranched alkanes of at least 4 members (excludes halogenated alkanes) is 3. The van der Waals surface area contributed by atoms with Crippen LogP contribution in [-0.4, -0.2) is 30.8 Å². The molecule has 0 aromatic carbocycles. The molecule has 0 aliphatic heterocycles. The minimum atomic E-state index is -0.465. The number of hydrogen-bond acceptors (Lipinski definition) is 4. The summed E-state index contributed by atoms with van der Waals surface area (Å²) >= 11 is 0. The van der Waals surface area contributed by atoms with Gasteiger partial charge in [-0.05, 0) is 45.7 Å². The lowest BCUT2D eigenvalue weighted by molar-refractivity contribution is 0.0527. The van der Waals surface area contributed by atoms with Crippen LogP contribution in [0, 0.1) is 0 Å². The Morgan fingerprint density at radius 3 is 2.29 bits per heavy atom. The molecule has 7 nitrogen and oxygen atoms in total. The number of amides is 3. The first kappa shape index (κ1) is 19.9. The maximum absolute atomic E-state index is 11.5. The number of rotatable bonds is 9. The minimum Gasteiger partial charge on any atom is -0.467 e. The van der Waals surface area contributed by atoms with E-state index in [1.54, 1.807) is 12.3 Å². The van der Waals surface area contributed by atoms with E-state index in [4.69, 9.17) is 9.15 Å². The van der Waals surface area contributed by atoms with Crippen molar-refractivity contribution in [2.75, 3.05) is 13.1 Å². The highest BCUT2D eigenvalue weighted by atomic mass is 16.6.